The molecule has 0 aliphatic carbocycles. The van der Waals surface area contributed by atoms with Gasteiger partial charge in [0, 0.05) is 5.56 Å². The van der Waals surface area contributed by atoms with Gasteiger partial charge >= 0.3 is 0 Å². The van der Waals surface area contributed by atoms with E-state index in [0.717, 1.165) is 22.3 Å². The highest BCUT2D eigenvalue weighted by atomic mass is 32.2. The van der Waals surface area contributed by atoms with Gasteiger partial charge in [-0.05, 0) is 79.4 Å². The average Bonchev–Trinajstić information content (AvgIpc) is 2.81. The SMILES string of the molecule is Cc1cc(C)cc(N(Cc2ccc(C(=O)N[C@H](C)c3ccc4c(c3)OCCO4)cc2)S(C)(=O)=O)c1. The normalized spacial score (nSPS) is 13.7. The second kappa shape index (κ2) is 10.00. The Hall–Kier alpha value is -3.52. The number of aryl methyl sites for hydroxylation is 2. The van der Waals surface area contributed by atoms with Crippen LogP contribution in [0.1, 0.15) is 45.6 Å². The smallest absolute Gasteiger partial charge is 0.251 e. The standard InChI is InChI=1S/C27H30N2O5S/c1-18-13-19(2)15-24(14-18)29(35(4,31)32)17-21-5-7-22(8-6-21)27(30)28-20(3)23-9-10-25-26(16-23)34-12-11-33-25/h5-10,13-16,20H,11-12,17H2,1-4H3,(H,28,30)/t20-/m1/s1. The third-order valence-corrected chi connectivity index (χ3v) is 6.99. The fourth-order valence-electron chi connectivity index (χ4n) is 4.11. The van der Waals surface area contributed by atoms with E-state index >= 15 is 0 Å². The molecule has 0 spiro atoms. The van der Waals surface area contributed by atoms with Crippen molar-refractivity contribution in [2.45, 2.75) is 33.4 Å². The zero-order chi connectivity index (χ0) is 25.2. The van der Waals surface area contributed by atoms with Crippen LogP contribution in [0.5, 0.6) is 11.5 Å². The molecule has 1 N–H and O–H groups in total. The van der Waals surface area contributed by atoms with Gasteiger partial charge in [-0.25, -0.2) is 8.42 Å². The zero-order valence-corrected chi connectivity index (χ0v) is 21.2. The lowest BCUT2D eigenvalue weighted by molar-refractivity contribution is 0.0939. The van der Waals surface area contributed by atoms with Crippen molar-refractivity contribution >= 4 is 21.6 Å². The van der Waals surface area contributed by atoms with Gasteiger partial charge in [-0.3, -0.25) is 9.10 Å². The molecule has 0 bridgehead atoms. The summed E-state index contributed by atoms with van der Waals surface area (Å²) in [7, 11) is -3.49. The van der Waals surface area contributed by atoms with Gasteiger partial charge in [-0.1, -0.05) is 24.3 Å². The van der Waals surface area contributed by atoms with Gasteiger partial charge < -0.3 is 14.8 Å². The van der Waals surface area contributed by atoms with Gasteiger partial charge in [0.25, 0.3) is 5.91 Å². The Morgan fingerprint density at radius 2 is 1.57 bits per heavy atom. The van der Waals surface area contributed by atoms with E-state index in [4.69, 9.17) is 9.47 Å². The number of benzene rings is 3. The molecule has 35 heavy (non-hydrogen) atoms. The van der Waals surface area contributed by atoms with Crippen LogP contribution >= 0.6 is 0 Å². The van der Waals surface area contributed by atoms with Crippen LogP contribution in [0.2, 0.25) is 0 Å². The number of hydrogen-bond donors (Lipinski definition) is 1. The first kappa shape index (κ1) is 24.6. The van der Waals surface area contributed by atoms with Crippen molar-refractivity contribution in [3.8, 4) is 11.5 Å². The lowest BCUT2D eigenvalue weighted by Crippen LogP contribution is -2.29. The van der Waals surface area contributed by atoms with Crippen LogP contribution in [0, 0.1) is 13.8 Å². The molecule has 0 fully saturated rings. The Labute approximate surface area is 206 Å². The molecule has 1 aliphatic heterocycles. The second-order valence-electron chi connectivity index (χ2n) is 8.91. The molecule has 0 saturated heterocycles. The number of nitrogens with one attached hydrogen (secondary N) is 1. The fraction of sp³-hybridized carbons (Fsp3) is 0.296. The lowest BCUT2D eigenvalue weighted by atomic mass is 10.1. The Morgan fingerprint density at radius 3 is 2.20 bits per heavy atom. The molecule has 0 saturated carbocycles. The summed E-state index contributed by atoms with van der Waals surface area (Å²) >= 11 is 0. The number of sulfonamides is 1. The first-order valence-electron chi connectivity index (χ1n) is 11.5. The summed E-state index contributed by atoms with van der Waals surface area (Å²) in [6.45, 7) is 7.00. The van der Waals surface area contributed by atoms with Crippen LogP contribution in [0.25, 0.3) is 0 Å². The fourth-order valence-corrected chi connectivity index (χ4v) is 4.99. The summed E-state index contributed by atoms with van der Waals surface area (Å²) in [5.41, 5.74) is 4.80. The molecule has 184 valence electrons. The van der Waals surface area contributed by atoms with Crippen molar-refractivity contribution in [3.63, 3.8) is 0 Å². The predicted octanol–water partition coefficient (Wildman–Crippen LogP) is 4.53. The maximum atomic E-state index is 12.8. The van der Waals surface area contributed by atoms with Crippen LogP contribution in [-0.4, -0.2) is 33.8 Å². The van der Waals surface area contributed by atoms with Crippen molar-refractivity contribution < 1.29 is 22.7 Å². The molecule has 0 unspecified atom stereocenters. The van der Waals surface area contributed by atoms with Crippen LogP contribution in [0.15, 0.2) is 60.7 Å². The van der Waals surface area contributed by atoms with E-state index in [0.29, 0.717) is 36.0 Å². The van der Waals surface area contributed by atoms with Gasteiger partial charge in [0.05, 0.1) is 24.5 Å². The molecule has 3 aromatic rings. The molecular formula is C27H30N2O5S. The summed E-state index contributed by atoms with van der Waals surface area (Å²) < 4.78 is 37.6. The first-order valence-corrected chi connectivity index (χ1v) is 13.3. The van der Waals surface area contributed by atoms with E-state index in [1.165, 1.54) is 10.6 Å². The number of fused-ring (bicyclic) bond motifs is 1. The van der Waals surface area contributed by atoms with Gasteiger partial charge in [-0.2, -0.15) is 0 Å². The minimum absolute atomic E-state index is 0.178. The Kier molecular flexibility index (Phi) is 7.03. The van der Waals surface area contributed by atoms with Crippen molar-refractivity contribution in [1.82, 2.24) is 5.32 Å². The van der Waals surface area contributed by atoms with Crippen LogP contribution < -0.4 is 19.1 Å². The van der Waals surface area contributed by atoms with Crippen LogP contribution in [0.3, 0.4) is 0 Å². The highest BCUT2D eigenvalue weighted by molar-refractivity contribution is 7.92. The molecule has 0 aromatic heterocycles. The van der Waals surface area contributed by atoms with E-state index in [1.54, 1.807) is 24.3 Å². The molecule has 3 aromatic carbocycles. The molecule has 7 nitrogen and oxygen atoms in total. The molecule has 1 heterocycles. The topological polar surface area (TPSA) is 84.9 Å². The zero-order valence-electron chi connectivity index (χ0n) is 20.4. The summed E-state index contributed by atoms with van der Waals surface area (Å²) in [6, 6.07) is 18.1. The molecule has 4 rings (SSSR count). The quantitative estimate of drug-likeness (QED) is 0.522. The largest absolute Gasteiger partial charge is 0.486 e. The molecule has 1 atom stereocenters. The predicted molar refractivity (Wildman–Crippen MR) is 137 cm³/mol. The highest BCUT2D eigenvalue weighted by Gasteiger charge is 2.20. The van der Waals surface area contributed by atoms with E-state index in [9.17, 15) is 13.2 Å². The molecular weight excluding hydrogens is 464 g/mol. The minimum atomic E-state index is -3.49. The monoisotopic (exact) mass is 494 g/mol. The van der Waals surface area contributed by atoms with Gasteiger partial charge in [0.1, 0.15) is 13.2 Å². The first-order chi connectivity index (χ1) is 16.6. The molecule has 0 radical (unpaired) electrons. The number of carbonyl (C=O) groups is 1. The highest BCUT2D eigenvalue weighted by Crippen LogP contribution is 2.32. The lowest BCUT2D eigenvalue weighted by Gasteiger charge is -2.23. The molecule has 1 aliphatic rings. The summed E-state index contributed by atoms with van der Waals surface area (Å²) in [6.07, 6.45) is 1.20. The van der Waals surface area contributed by atoms with E-state index in [1.807, 2.05) is 57.2 Å². The van der Waals surface area contributed by atoms with Crippen molar-refractivity contribution in [2.24, 2.45) is 0 Å². The van der Waals surface area contributed by atoms with Crippen molar-refractivity contribution in [1.29, 1.82) is 0 Å². The number of carbonyl (C=O) groups excluding carboxylic acids is 1. The number of amides is 1. The summed E-state index contributed by atoms with van der Waals surface area (Å²) in [5.74, 6) is 1.17. The van der Waals surface area contributed by atoms with Gasteiger partial charge in [0.2, 0.25) is 10.0 Å². The molecule has 1 amide bonds. The van der Waals surface area contributed by atoms with Gasteiger partial charge in [-0.15, -0.1) is 0 Å². The molecule has 8 heteroatoms. The van der Waals surface area contributed by atoms with Crippen molar-refractivity contribution in [2.75, 3.05) is 23.8 Å². The summed E-state index contributed by atoms with van der Waals surface area (Å²) in [5, 5.41) is 3.00. The average molecular weight is 495 g/mol. The Balaban J connectivity index is 1.46. The van der Waals surface area contributed by atoms with E-state index < -0.39 is 10.0 Å². The third kappa shape index (κ3) is 5.95. The number of ether oxygens (including phenoxy) is 2. The number of hydrogen-bond acceptors (Lipinski definition) is 5. The Bertz CT molecular complexity index is 1320. The maximum absolute atomic E-state index is 12.8. The maximum Gasteiger partial charge on any atom is 0.251 e. The minimum Gasteiger partial charge on any atom is -0.486 e. The van der Waals surface area contributed by atoms with E-state index in [2.05, 4.69) is 5.32 Å². The summed E-state index contributed by atoms with van der Waals surface area (Å²) in [4.78, 5) is 12.8. The van der Waals surface area contributed by atoms with Crippen LogP contribution in [0.4, 0.5) is 5.69 Å². The number of nitrogens with zero attached hydrogens (tertiary/aromatic N) is 1. The van der Waals surface area contributed by atoms with E-state index in [-0.39, 0.29) is 18.5 Å². The number of rotatable bonds is 7. The number of anilines is 1. The third-order valence-electron chi connectivity index (χ3n) is 5.85. The second-order valence-corrected chi connectivity index (χ2v) is 10.8. The van der Waals surface area contributed by atoms with Gasteiger partial charge in [0.15, 0.2) is 11.5 Å². The van der Waals surface area contributed by atoms with Crippen molar-refractivity contribution in [3.05, 3.63) is 88.5 Å². The van der Waals surface area contributed by atoms with Crippen LogP contribution in [-0.2, 0) is 16.6 Å². The Morgan fingerprint density at radius 1 is 0.943 bits per heavy atom.